The molecule has 0 unspecified atom stereocenters. The summed E-state index contributed by atoms with van der Waals surface area (Å²) in [7, 11) is 0. The normalized spacial score (nSPS) is 15.6. The minimum absolute atomic E-state index is 0.111. The topological polar surface area (TPSA) is 72.4 Å². The van der Waals surface area contributed by atoms with Gasteiger partial charge in [0.05, 0.1) is 35.8 Å². The molecule has 158 valence electrons. The second-order valence-electron chi connectivity index (χ2n) is 9.41. The van der Waals surface area contributed by atoms with Crippen LogP contribution in [-0.2, 0) is 11.3 Å². The SMILES string of the molecule is CC(C)(C)C(=O)Cn1c(-c2ccoc2)c(C2CCCCC2)c2ccc(C(=O)O)cc21. The summed E-state index contributed by atoms with van der Waals surface area (Å²) in [5.74, 6) is -0.455. The maximum absolute atomic E-state index is 13.0. The number of nitrogens with zero attached hydrogens (tertiary/aromatic N) is 1. The number of ketones is 1. The van der Waals surface area contributed by atoms with Crippen molar-refractivity contribution in [3.63, 3.8) is 0 Å². The molecule has 3 aromatic rings. The molecule has 5 nitrogen and oxygen atoms in total. The number of hydrogen-bond acceptors (Lipinski definition) is 3. The molecule has 0 radical (unpaired) electrons. The number of benzene rings is 1. The van der Waals surface area contributed by atoms with E-state index < -0.39 is 11.4 Å². The van der Waals surface area contributed by atoms with Gasteiger partial charge in [-0.2, -0.15) is 0 Å². The molecular formula is C25H29NO4. The number of carboxylic acid groups (broad SMARTS) is 1. The van der Waals surface area contributed by atoms with Crippen LogP contribution in [0.25, 0.3) is 22.2 Å². The Balaban J connectivity index is 2.01. The van der Waals surface area contributed by atoms with Crippen molar-refractivity contribution in [2.75, 3.05) is 0 Å². The van der Waals surface area contributed by atoms with Crippen LogP contribution in [0.4, 0.5) is 0 Å². The smallest absolute Gasteiger partial charge is 0.335 e. The summed E-state index contributed by atoms with van der Waals surface area (Å²) in [6.07, 6.45) is 9.22. The zero-order valence-electron chi connectivity index (χ0n) is 17.9. The predicted molar refractivity (Wildman–Crippen MR) is 117 cm³/mol. The van der Waals surface area contributed by atoms with Crippen molar-refractivity contribution in [3.8, 4) is 11.3 Å². The molecule has 5 heteroatoms. The van der Waals surface area contributed by atoms with Crippen LogP contribution >= 0.6 is 0 Å². The van der Waals surface area contributed by atoms with Crippen molar-refractivity contribution in [2.24, 2.45) is 5.41 Å². The lowest BCUT2D eigenvalue weighted by Gasteiger charge is -2.24. The molecule has 1 aliphatic carbocycles. The number of rotatable bonds is 5. The molecule has 30 heavy (non-hydrogen) atoms. The van der Waals surface area contributed by atoms with E-state index in [0.29, 0.717) is 5.92 Å². The van der Waals surface area contributed by atoms with Gasteiger partial charge in [-0.1, -0.05) is 46.1 Å². The van der Waals surface area contributed by atoms with Crippen molar-refractivity contribution in [3.05, 3.63) is 47.9 Å². The minimum Gasteiger partial charge on any atom is -0.478 e. The van der Waals surface area contributed by atoms with Crippen LogP contribution in [0.5, 0.6) is 0 Å². The van der Waals surface area contributed by atoms with Crippen LogP contribution in [0, 0.1) is 5.41 Å². The molecule has 1 fully saturated rings. The Hall–Kier alpha value is -2.82. The van der Waals surface area contributed by atoms with E-state index in [2.05, 4.69) is 0 Å². The van der Waals surface area contributed by atoms with Gasteiger partial charge >= 0.3 is 5.97 Å². The molecule has 0 atom stereocenters. The number of aromatic nitrogens is 1. The highest BCUT2D eigenvalue weighted by atomic mass is 16.4. The maximum atomic E-state index is 13.0. The standard InChI is InChI=1S/C25H29NO4/c1-25(2,3)21(27)14-26-20-13-17(24(28)29)9-10-19(20)22(16-7-5-4-6-8-16)23(26)18-11-12-30-15-18/h9-13,15-16H,4-8,14H2,1-3H3,(H,28,29). The summed E-state index contributed by atoms with van der Waals surface area (Å²) in [4.78, 5) is 24.7. The largest absolute Gasteiger partial charge is 0.478 e. The maximum Gasteiger partial charge on any atom is 0.335 e. The van der Waals surface area contributed by atoms with Crippen molar-refractivity contribution in [2.45, 2.75) is 65.3 Å². The van der Waals surface area contributed by atoms with Crippen LogP contribution in [0.1, 0.15) is 74.7 Å². The fraction of sp³-hybridized carbons (Fsp3) is 0.440. The molecule has 0 amide bonds. The second-order valence-corrected chi connectivity index (χ2v) is 9.41. The number of fused-ring (bicyclic) bond motifs is 1. The first-order valence-corrected chi connectivity index (χ1v) is 10.7. The lowest BCUT2D eigenvalue weighted by Crippen LogP contribution is -2.25. The van der Waals surface area contributed by atoms with Gasteiger partial charge in [0.15, 0.2) is 5.78 Å². The summed E-state index contributed by atoms with van der Waals surface area (Å²) >= 11 is 0. The van der Waals surface area contributed by atoms with Crippen molar-refractivity contribution >= 4 is 22.7 Å². The molecular weight excluding hydrogens is 378 g/mol. The predicted octanol–water partition coefficient (Wildman–Crippen LogP) is 6.26. The number of carboxylic acids is 1. The molecule has 1 N–H and O–H groups in total. The fourth-order valence-corrected chi connectivity index (χ4v) is 4.57. The Kier molecular flexibility index (Phi) is 5.31. The van der Waals surface area contributed by atoms with Crippen LogP contribution < -0.4 is 0 Å². The van der Waals surface area contributed by atoms with Gasteiger partial charge in [-0.05, 0) is 42.5 Å². The minimum atomic E-state index is -0.962. The molecule has 0 saturated heterocycles. The van der Waals surface area contributed by atoms with E-state index in [1.807, 2.05) is 37.5 Å². The number of Topliss-reactive ketones (excluding diaryl/α,β-unsaturated/α-hetero) is 1. The second kappa shape index (κ2) is 7.78. The van der Waals surface area contributed by atoms with Crippen LogP contribution in [-0.4, -0.2) is 21.4 Å². The number of carbonyl (C=O) groups excluding carboxylic acids is 1. The Morgan fingerprint density at radius 2 is 1.87 bits per heavy atom. The molecule has 0 bridgehead atoms. The Labute approximate surface area is 176 Å². The van der Waals surface area contributed by atoms with Gasteiger partial charge < -0.3 is 14.1 Å². The number of carbonyl (C=O) groups is 2. The average Bonchev–Trinajstić information content (AvgIpc) is 3.34. The first-order chi connectivity index (χ1) is 14.3. The third kappa shape index (κ3) is 3.69. The number of furan rings is 1. The van der Waals surface area contributed by atoms with Crippen molar-refractivity contribution in [1.29, 1.82) is 0 Å². The molecule has 2 heterocycles. The van der Waals surface area contributed by atoms with Gasteiger partial charge in [0.25, 0.3) is 0 Å². The van der Waals surface area contributed by atoms with Crippen LogP contribution in [0.2, 0.25) is 0 Å². The number of aromatic carboxylic acids is 1. The highest BCUT2D eigenvalue weighted by Gasteiger charge is 2.30. The fourth-order valence-electron chi connectivity index (χ4n) is 4.57. The van der Waals surface area contributed by atoms with Gasteiger partial charge in [-0.15, -0.1) is 0 Å². The number of hydrogen-bond donors (Lipinski definition) is 1. The van der Waals surface area contributed by atoms with Gasteiger partial charge in [0.2, 0.25) is 0 Å². The first kappa shape index (κ1) is 20.5. The van der Waals surface area contributed by atoms with E-state index >= 15 is 0 Å². The van der Waals surface area contributed by atoms with Gasteiger partial charge in [0.1, 0.15) is 0 Å². The molecule has 2 aromatic heterocycles. The first-order valence-electron chi connectivity index (χ1n) is 10.7. The van der Waals surface area contributed by atoms with E-state index in [-0.39, 0.29) is 17.9 Å². The summed E-state index contributed by atoms with van der Waals surface area (Å²) in [6.45, 7) is 5.96. The zero-order valence-corrected chi connectivity index (χ0v) is 17.9. The molecule has 4 rings (SSSR count). The lowest BCUT2D eigenvalue weighted by atomic mass is 9.82. The van der Waals surface area contributed by atoms with E-state index in [9.17, 15) is 14.7 Å². The van der Waals surface area contributed by atoms with Gasteiger partial charge in [0, 0.05) is 16.4 Å². The van der Waals surface area contributed by atoms with Crippen molar-refractivity contribution < 1.29 is 19.1 Å². The summed E-state index contributed by atoms with van der Waals surface area (Å²) < 4.78 is 7.42. The van der Waals surface area contributed by atoms with E-state index in [4.69, 9.17) is 4.42 Å². The lowest BCUT2D eigenvalue weighted by molar-refractivity contribution is -0.126. The summed E-state index contributed by atoms with van der Waals surface area (Å²) in [5, 5.41) is 10.6. The summed E-state index contributed by atoms with van der Waals surface area (Å²) in [6, 6.07) is 7.23. The highest BCUT2D eigenvalue weighted by molar-refractivity contribution is 5.99. The van der Waals surface area contributed by atoms with Crippen LogP contribution in [0.3, 0.4) is 0 Å². The molecule has 1 aliphatic rings. The van der Waals surface area contributed by atoms with E-state index in [1.165, 1.54) is 24.8 Å². The monoisotopic (exact) mass is 407 g/mol. The third-order valence-electron chi connectivity index (χ3n) is 6.30. The third-order valence-corrected chi connectivity index (χ3v) is 6.30. The Morgan fingerprint density at radius 1 is 1.13 bits per heavy atom. The van der Waals surface area contributed by atoms with Gasteiger partial charge in [-0.25, -0.2) is 4.79 Å². The van der Waals surface area contributed by atoms with E-state index in [0.717, 1.165) is 35.0 Å². The Morgan fingerprint density at radius 3 is 2.47 bits per heavy atom. The molecule has 0 spiro atoms. The molecule has 1 aromatic carbocycles. The zero-order chi connectivity index (χ0) is 21.5. The van der Waals surface area contributed by atoms with E-state index in [1.54, 1.807) is 24.7 Å². The van der Waals surface area contributed by atoms with Crippen LogP contribution in [0.15, 0.2) is 41.2 Å². The van der Waals surface area contributed by atoms with Crippen molar-refractivity contribution in [1.82, 2.24) is 4.57 Å². The highest BCUT2D eigenvalue weighted by Crippen LogP contribution is 2.44. The molecule has 1 saturated carbocycles. The molecule has 0 aliphatic heterocycles. The average molecular weight is 408 g/mol. The van der Waals surface area contributed by atoms with Gasteiger partial charge in [-0.3, -0.25) is 4.79 Å². The summed E-state index contributed by atoms with van der Waals surface area (Å²) in [5.41, 5.74) is 3.71. The Bertz CT molecular complexity index is 1080. The quantitative estimate of drug-likeness (QED) is 0.541.